The molecule has 0 atom stereocenters. The summed E-state index contributed by atoms with van der Waals surface area (Å²) in [7, 11) is 0. The zero-order valence-corrected chi connectivity index (χ0v) is 19.4. The highest BCUT2D eigenvalue weighted by molar-refractivity contribution is 7.99. The average Bonchev–Trinajstić information content (AvgIpc) is 2.84. The van der Waals surface area contributed by atoms with Gasteiger partial charge in [-0.2, -0.15) is 0 Å². The van der Waals surface area contributed by atoms with Crippen molar-refractivity contribution in [1.29, 1.82) is 0 Å². The van der Waals surface area contributed by atoms with E-state index in [0.717, 1.165) is 22.0 Å². The zero-order valence-electron chi connectivity index (χ0n) is 18.6. The van der Waals surface area contributed by atoms with Crippen molar-refractivity contribution < 1.29 is 14.3 Å². The van der Waals surface area contributed by atoms with E-state index in [0.29, 0.717) is 43.0 Å². The predicted molar refractivity (Wildman–Crippen MR) is 127 cm³/mol. The maximum Gasteiger partial charge on any atom is 0.261 e. The molecule has 1 aromatic carbocycles. The Morgan fingerprint density at radius 2 is 1.94 bits per heavy atom. The monoisotopic (exact) mass is 463 g/mol. The molecule has 1 aliphatic heterocycles. The molecule has 8 nitrogen and oxygen atoms in total. The number of nitrogens with one attached hydrogen (secondary N) is 1. The number of hydrogen-bond donors (Lipinski definition) is 1. The van der Waals surface area contributed by atoms with Gasteiger partial charge in [0.15, 0.2) is 0 Å². The lowest BCUT2D eigenvalue weighted by molar-refractivity contribution is 0.0729. The maximum atomic E-state index is 13.1. The number of para-hydroxylation sites is 1. The summed E-state index contributed by atoms with van der Waals surface area (Å²) in [5, 5.41) is 3.50. The zero-order chi connectivity index (χ0) is 23.2. The van der Waals surface area contributed by atoms with Gasteiger partial charge in [-0.1, -0.05) is 19.1 Å². The minimum atomic E-state index is -0.329. The standard InChI is InChI=1S/C24H25N5O3S/c1-3-32-20-10-6-5-8-17(20)21(30)28-24-26-14-16-15-29(13-11-19(16)27-24)23(31)18-9-7-12-25-22(18)33-4-2/h5-10,12,14H,3-4,11,13,15H2,1-2H3,(H,26,27,28,30). The van der Waals surface area contributed by atoms with E-state index in [1.165, 1.54) is 0 Å². The minimum Gasteiger partial charge on any atom is -0.493 e. The Labute approximate surface area is 196 Å². The highest BCUT2D eigenvalue weighted by Crippen LogP contribution is 2.25. The van der Waals surface area contributed by atoms with E-state index in [1.54, 1.807) is 53.3 Å². The molecule has 0 saturated heterocycles. The van der Waals surface area contributed by atoms with Crippen LogP contribution in [0.5, 0.6) is 5.75 Å². The summed E-state index contributed by atoms with van der Waals surface area (Å²) in [6.07, 6.45) is 3.96. The second-order valence-electron chi connectivity index (χ2n) is 7.31. The van der Waals surface area contributed by atoms with Gasteiger partial charge in [0.05, 0.1) is 23.4 Å². The molecule has 0 aliphatic carbocycles. The molecular formula is C24H25N5O3S. The number of amides is 2. The summed E-state index contributed by atoms with van der Waals surface area (Å²) in [6.45, 7) is 5.32. The van der Waals surface area contributed by atoms with Crippen molar-refractivity contribution in [2.75, 3.05) is 24.2 Å². The van der Waals surface area contributed by atoms with Crippen molar-refractivity contribution in [3.05, 3.63) is 71.2 Å². The van der Waals surface area contributed by atoms with Gasteiger partial charge in [0, 0.05) is 37.5 Å². The third kappa shape index (κ3) is 5.14. The molecule has 2 aromatic heterocycles. The molecule has 33 heavy (non-hydrogen) atoms. The molecule has 1 aliphatic rings. The van der Waals surface area contributed by atoms with Crippen LogP contribution in [0.2, 0.25) is 0 Å². The number of ether oxygens (including phenoxy) is 1. The summed E-state index contributed by atoms with van der Waals surface area (Å²) in [5.74, 6) is 1.22. The van der Waals surface area contributed by atoms with Crippen LogP contribution < -0.4 is 10.1 Å². The van der Waals surface area contributed by atoms with Crippen LogP contribution in [0.25, 0.3) is 0 Å². The van der Waals surface area contributed by atoms with Crippen LogP contribution in [0.1, 0.15) is 45.8 Å². The van der Waals surface area contributed by atoms with Crippen LogP contribution in [0.4, 0.5) is 5.95 Å². The molecule has 4 rings (SSSR count). The molecule has 2 amide bonds. The van der Waals surface area contributed by atoms with E-state index in [4.69, 9.17) is 4.74 Å². The Morgan fingerprint density at radius 1 is 1.12 bits per heavy atom. The minimum absolute atomic E-state index is 0.0467. The van der Waals surface area contributed by atoms with Gasteiger partial charge < -0.3 is 9.64 Å². The summed E-state index contributed by atoms with van der Waals surface area (Å²) in [5.41, 5.74) is 2.74. The number of anilines is 1. The van der Waals surface area contributed by atoms with Crippen LogP contribution >= 0.6 is 11.8 Å². The number of thioether (sulfide) groups is 1. The number of fused-ring (bicyclic) bond motifs is 1. The van der Waals surface area contributed by atoms with Crippen LogP contribution in [0.3, 0.4) is 0 Å². The van der Waals surface area contributed by atoms with Gasteiger partial charge >= 0.3 is 0 Å². The van der Waals surface area contributed by atoms with Gasteiger partial charge in [0.1, 0.15) is 10.8 Å². The van der Waals surface area contributed by atoms with Crippen molar-refractivity contribution in [2.24, 2.45) is 0 Å². The topological polar surface area (TPSA) is 97.3 Å². The van der Waals surface area contributed by atoms with Crippen molar-refractivity contribution in [3.63, 3.8) is 0 Å². The van der Waals surface area contributed by atoms with Crippen LogP contribution in [-0.4, -0.2) is 50.6 Å². The predicted octanol–water partition coefficient (Wildman–Crippen LogP) is 3.83. The van der Waals surface area contributed by atoms with Crippen molar-refractivity contribution in [1.82, 2.24) is 19.9 Å². The highest BCUT2D eigenvalue weighted by Gasteiger charge is 2.25. The lowest BCUT2D eigenvalue weighted by Crippen LogP contribution is -2.37. The third-order valence-corrected chi connectivity index (χ3v) is 6.05. The molecule has 0 unspecified atom stereocenters. The molecule has 3 aromatic rings. The fourth-order valence-electron chi connectivity index (χ4n) is 3.63. The molecule has 0 fully saturated rings. The van der Waals surface area contributed by atoms with Crippen molar-refractivity contribution in [3.8, 4) is 5.75 Å². The maximum absolute atomic E-state index is 13.1. The number of benzene rings is 1. The SMILES string of the molecule is CCOc1ccccc1C(=O)Nc1ncc2c(n1)CCN(C(=O)c1cccnc1SCC)C2. The first kappa shape index (κ1) is 22.7. The van der Waals surface area contributed by atoms with Crippen molar-refractivity contribution in [2.45, 2.75) is 31.8 Å². The number of pyridine rings is 1. The number of aromatic nitrogens is 3. The van der Waals surface area contributed by atoms with E-state index in [1.807, 2.05) is 26.0 Å². The Hall–Kier alpha value is -3.46. The average molecular weight is 464 g/mol. The summed E-state index contributed by atoms with van der Waals surface area (Å²) < 4.78 is 5.54. The number of hydrogen-bond acceptors (Lipinski definition) is 7. The Kier molecular flexibility index (Phi) is 7.19. The van der Waals surface area contributed by atoms with Gasteiger partial charge in [-0.3, -0.25) is 14.9 Å². The fraction of sp³-hybridized carbons (Fsp3) is 0.292. The van der Waals surface area contributed by atoms with Crippen LogP contribution in [-0.2, 0) is 13.0 Å². The van der Waals surface area contributed by atoms with Gasteiger partial charge in [0.2, 0.25) is 5.95 Å². The first-order valence-corrected chi connectivity index (χ1v) is 11.8. The van der Waals surface area contributed by atoms with Gasteiger partial charge in [-0.15, -0.1) is 11.8 Å². The number of nitrogens with zero attached hydrogens (tertiary/aromatic N) is 4. The van der Waals surface area contributed by atoms with E-state index >= 15 is 0 Å². The van der Waals surface area contributed by atoms with Gasteiger partial charge in [-0.25, -0.2) is 15.0 Å². The first-order valence-electron chi connectivity index (χ1n) is 10.9. The quantitative estimate of drug-likeness (QED) is 0.532. The summed E-state index contributed by atoms with van der Waals surface area (Å²) >= 11 is 1.56. The second-order valence-corrected chi connectivity index (χ2v) is 8.57. The molecule has 0 radical (unpaired) electrons. The largest absolute Gasteiger partial charge is 0.493 e. The smallest absolute Gasteiger partial charge is 0.261 e. The lowest BCUT2D eigenvalue weighted by Gasteiger charge is -2.28. The lowest BCUT2D eigenvalue weighted by atomic mass is 10.1. The van der Waals surface area contributed by atoms with E-state index in [-0.39, 0.29) is 17.8 Å². The molecule has 0 bridgehead atoms. The molecule has 0 saturated carbocycles. The number of carbonyl (C=O) groups excluding carboxylic acids is 2. The Morgan fingerprint density at radius 3 is 2.76 bits per heavy atom. The molecular weight excluding hydrogens is 438 g/mol. The molecule has 170 valence electrons. The molecule has 3 heterocycles. The first-order chi connectivity index (χ1) is 16.1. The Bertz CT molecular complexity index is 1170. The molecule has 0 spiro atoms. The number of carbonyl (C=O) groups is 2. The second kappa shape index (κ2) is 10.4. The van der Waals surface area contributed by atoms with Gasteiger partial charge in [0.25, 0.3) is 11.8 Å². The van der Waals surface area contributed by atoms with E-state index in [2.05, 4.69) is 20.3 Å². The normalized spacial score (nSPS) is 12.7. The number of rotatable bonds is 7. The van der Waals surface area contributed by atoms with E-state index < -0.39 is 0 Å². The van der Waals surface area contributed by atoms with Crippen LogP contribution in [0, 0.1) is 0 Å². The van der Waals surface area contributed by atoms with E-state index in [9.17, 15) is 9.59 Å². The van der Waals surface area contributed by atoms with Gasteiger partial charge in [-0.05, 0) is 36.9 Å². The molecule has 1 N–H and O–H groups in total. The molecule has 9 heteroatoms. The third-order valence-electron chi connectivity index (χ3n) is 5.16. The summed E-state index contributed by atoms with van der Waals surface area (Å²) in [4.78, 5) is 40.8. The van der Waals surface area contributed by atoms with Crippen LogP contribution in [0.15, 0.2) is 53.8 Å². The summed E-state index contributed by atoms with van der Waals surface area (Å²) in [6, 6.07) is 10.7. The highest BCUT2D eigenvalue weighted by atomic mass is 32.2. The van der Waals surface area contributed by atoms with Crippen molar-refractivity contribution >= 4 is 29.5 Å². The fourth-order valence-corrected chi connectivity index (χ4v) is 4.35. The Balaban J connectivity index is 1.47.